The highest BCUT2D eigenvalue weighted by Gasteiger charge is 2.45. The molecule has 2 aliphatic rings. The van der Waals surface area contributed by atoms with Crippen molar-refractivity contribution in [2.75, 3.05) is 0 Å². The van der Waals surface area contributed by atoms with Gasteiger partial charge in [-0.05, 0) is 37.0 Å². The molecule has 3 nitrogen and oxygen atoms in total. The topological polar surface area (TPSA) is 32.3 Å². The maximum atomic E-state index is 13.0. The van der Waals surface area contributed by atoms with Crippen LogP contribution in [0.25, 0.3) is 0 Å². The molecule has 1 amide bonds. The van der Waals surface area contributed by atoms with Crippen molar-refractivity contribution in [1.29, 1.82) is 0 Å². The third-order valence-corrected chi connectivity index (χ3v) is 3.72. The predicted molar refractivity (Wildman–Crippen MR) is 66.2 cm³/mol. The van der Waals surface area contributed by atoms with Gasteiger partial charge in [0.25, 0.3) is 0 Å². The Bertz CT molecular complexity index is 455. The van der Waals surface area contributed by atoms with Crippen molar-refractivity contribution in [2.24, 2.45) is 0 Å². The van der Waals surface area contributed by atoms with Crippen LogP contribution in [0.5, 0.6) is 0 Å². The molecule has 18 heavy (non-hydrogen) atoms. The minimum Gasteiger partial charge on any atom is -0.319 e. The molecule has 96 valence electrons. The summed E-state index contributed by atoms with van der Waals surface area (Å²) in [6.07, 6.45) is 2.87. The Kier molecular flexibility index (Phi) is 2.82. The fraction of sp³-hybridized carbons (Fsp3) is 0.500. The fourth-order valence-corrected chi connectivity index (χ4v) is 2.59. The molecule has 4 heteroatoms. The van der Waals surface area contributed by atoms with Crippen molar-refractivity contribution in [3.05, 3.63) is 35.6 Å². The first-order valence-corrected chi connectivity index (χ1v) is 6.54. The monoisotopic (exact) mass is 248 g/mol. The van der Waals surface area contributed by atoms with Crippen LogP contribution in [0.4, 0.5) is 4.39 Å². The molecule has 2 unspecified atom stereocenters. The lowest BCUT2D eigenvalue weighted by Gasteiger charge is -2.24. The van der Waals surface area contributed by atoms with Gasteiger partial charge in [-0.2, -0.15) is 0 Å². The summed E-state index contributed by atoms with van der Waals surface area (Å²) in [6, 6.07) is 6.69. The van der Waals surface area contributed by atoms with Crippen molar-refractivity contribution >= 4 is 5.91 Å². The molecule has 1 N–H and O–H groups in total. The Balaban J connectivity index is 1.89. The molecule has 2 atom stereocenters. The van der Waals surface area contributed by atoms with Crippen LogP contribution in [-0.2, 0) is 4.79 Å². The van der Waals surface area contributed by atoms with E-state index in [1.165, 1.54) is 12.1 Å². The number of carbonyl (C=O) groups excluding carboxylic acids is 1. The first kappa shape index (κ1) is 11.7. The Morgan fingerprint density at radius 2 is 2.00 bits per heavy atom. The van der Waals surface area contributed by atoms with Gasteiger partial charge < -0.3 is 4.90 Å². The predicted octanol–water partition coefficient (Wildman–Crippen LogP) is 2.20. The molecule has 1 saturated carbocycles. The maximum Gasteiger partial charge on any atom is 0.241 e. The molecule has 1 aromatic carbocycles. The summed E-state index contributed by atoms with van der Waals surface area (Å²) in [6.45, 7) is 2.01. The highest BCUT2D eigenvalue weighted by molar-refractivity contribution is 5.85. The van der Waals surface area contributed by atoms with E-state index in [1.807, 2.05) is 11.8 Å². The van der Waals surface area contributed by atoms with Crippen LogP contribution < -0.4 is 5.32 Å². The van der Waals surface area contributed by atoms with Crippen molar-refractivity contribution in [2.45, 2.75) is 44.4 Å². The smallest absolute Gasteiger partial charge is 0.241 e. The fourth-order valence-electron chi connectivity index (χ4n) is 2.59. The third-order valence-electron chi connectivity index (χ3n) is 3.72. The molecule has 2 fully saturated rings. The SMILES string of the molecule is CCC1NC(c2ccc(F)cc2)N(C2CC2)C1=O. The van der Waals surface area contributed by atoms with Crippen molar-refractivity contribution < 1.29 is 9.18 Å². The van der Waals surface area contributed by atoms with Gasteiger partial charge in [0.05, 0.1) is 6.04 Å². The number of hydrogen-bond acceptors (Lipinski definition) is 2. The van der Waals surface area contributed by atoms with Gasteiger partial charge in [-0.15, -0.1) is 0 Å². The number of halogens is 1. The van der Waals surface area contributed by atoms with E-state index in [4.69, 9.17) is 0 Å². The highest BCUT2D eigenvalue weighted by Crippen LogP contribution is 2.37. The Morgan fingerprint density at radius 3 is 2.56 bits per heavy atom. The van der Waals surface area contributed by atoms with E-state index in [9.17, 15) is 9.18 Å². The van der Waals surface area contributed by atoms with Crippen molar-refractivity contribution in [3.63, 3.8) is 0 Å². The van der Waals surface area contributed by atoms with Gasteiger partial charge in [-0.3, -0.25) is 10.1 Å². The summed E-state index contributed by atoms with van der Waals surface area (Å²) in [7, 11) is 0. The molecule has 1 saturated heterocycles. The van der Waals surface area contributed by atoms with Crippen LogP contribution in [-0.4, -0.2) is 22.9 Å². The number of hydrogen-bond donors (Lipinski definition) is 1. The number of carbonyl (C=O) groups is 1. The molecule has 0 bridgehead atoms. The molecule has 1 heterocycles. The lowest BCUT2D eigenvalue weighted by atomic mass is 10.1. The van der Waals surface area contributed by atoms with Crippen molar-refractivity contribution in [3.8, 4) is 0 Å². The van der Waals surface area contributed by atoms with Crippen LogP contribution in [0.15, 0.2) is 24.3 Å². The molecule has 1 aliphatic heterocycles. The maximum absolute atomic E-state index is 13.0. The Hall–Kier alpha value is -1.42. The average molecular weight is 248 g/mol. The van der Waals surface area contributed by atoms with Crippen LogP contribution in [0.3, 0.4) is 0 Å². The van der Waals surface area contributed by atoms with Gasteiger partial charge in [0.15, 0.2) is 0 Å². The lowest BCUT2D eigenvalue weighted by molar-refractivity contribution is -0.130. The zero-order valence-electron chi connectivity index (χ0n) is 10.4. The highest BCUT2D eigenvalue weighted by atomic mass is 19.1. The van der Waals surface area contributed by atoms with Gasteiger partial charge in [0.1, 0.15) is 12.0 Å². The minimum atomic E-state index is -0.243. The lowest BCUT2D eigenvalue weighted by Crippen LogP contribution is -2.32. The Labute approximate surface area is 106 Å². The Morgan fingerprint density at radius 1 is 1.33 bits per heavy atom. The van der Waals surface area contributed by atoms with Gasteiger partial charge in [0.2, 0.25) is 5.91 Å². The van der Waals surface area contributed by atoms with E-state index >= 15 is 0 Å². The number of nitrogens with zero attached hydrogens (tertiary/aromatic N) is 1. The number of benzene rings is 1. The molecule has 3 rings (SSSR count). The van der Waals surface area contributed by atoms with E-state index in [-0.39, 0.29) is 23.9 Å². The summed E-state index contributed by atoms with van der Waals surface area (Å²) in [5.74, 6) is -0.0533. The van der Waals surface area contributed by atoms with Crippen LogP contribution in [0, 0.1) is 5.82 Å². The first-order valence-electron chi connectivity index (χ1n) is 6.54. The normalized spacial score (nSPS) is 27.9. The summed E-state index contributed by atoms with van der Waals surface area (Å²) in [5.41, 5.74) is 0.965. The molecule has 0 aromatic heterocycles. The molecular formula is C14H17FN2O. The van der Waals surface area contributed by atoms with Crippen molar-refractivity contribution in [1.82, 2.24) is 10.2 Å². The van der Waals surface area contributed by atoms with Crippen LogP contribution >= 0.6 is 0 Å². The molecule has 0 radical (unpaired) electrons. The zero-order chi connectivity index (χ0) is 12.7. The molecule has 1 aromatic rings. The quantitative estimate of drug-likeness (QED) is 0.889. The number of nitrogens with one attached hydrogen (secondary N) is 1. The second-order valence-electron chi connectivity index (χ2n) is 5.06. The second kappa shape index (κ2) is 4.35. The summed E-state index contributed by atoms with van der Waals surface area (Å²) in [5, 5.41) is 3.35. The van der Waals surface area contributed by atoms with E-state index < -0.39 is 0 Å². The summed E-state index contributed by atoms with van der Waals surface area (Å²) < 4.78 is 13.0. The average Bonchev–Trinajstić information content (AvgIpc) is 3.15. The number of amides is 1. The van der Waals surface area contributed by atoms with Gasteiger partial charge in [0, 0.05) is 6.04 Å². The van der Waals surface area contributed by atoms with E-state index in [0.717, 1.165) is 24.8 Å². The standard InChI is InChI=1S/C14H17FN2O/c1-2-12-14(18)17(11-7-8-11)13(16-12)9-3-5-10(15)6-4-9/h3-6,11-13,16H,2,7-8H2,1H3. The molecule has 1 aliphatic carbocycles. The third kappa shape index (κ3) is 1.90. The van der Waals surface area contributed by atoms with Crippen LogP contribution in [0.1, 0.15) is 37.9 Å². The van der Waals surface area contributed by atoms with Crippen LogP contribution in [0.2, 0.25) is 0 Å². The summed E-state index contributed by atoms with van der Waals surface area (Å²) >= 11 is 0. The number of rotatable bonds is 3. The second-order valence-corrected chi connectivity index (χ2v) is 5.06. The molecule has 0 spiro atoms. The summed E-state index contributed by atoms with van der Waals surface area (Å²) in [4.78, 5) is 14.2. The largest absolute Gasteiger partial charge is 0.319 e. The van der Waals surface area contributed by atoms with E-state index in [1.54, 1.807) is 12.1 Å². The molecular weight excluding hydrogens is 231 g/mol. The van der Waals surface area contributed by atoms with E-state index in [2.05, 4.69) is 5.32 Å². The van der Waals surface area contributed by atoms with Gasteiger partial charge in [-0.25, -0.2) is 4.39 Å². The first-order chi connectivity index (χ1) is 8.70. The van der Waals surface area contributed by atoms with Gasteiger partial charge in [-0.1, -0.05) is 19.1 Å². The minimum absolute atomic E-state index is 0.0875. The van der Waals surface area contributed by atoms with Gasteiger partial charge >= 0.3 is 0 Å². The van der Waals surface area contributed by atoms with E-state index in [0.29, 0.717) is 6.04 Å². The zero-order valence-corrected chi connectivity index (χ0v) is 10.4.